The minimum atomic E-state index is 0.733. The molecule has 2 aromatic carbocycles. The van der Waals surface area contributed by atoms with Crippen molar-refractivity contribution in [3.05, 3.63) is 59.6 Å². The van der Waals surface area contributed by atoms with Gasteiger partial charge in [-0.2, -0.15) is 0 Å². The molecule has 1 aromatic heterocycles. The Morgan fingerprint density at radius 1 is 1.05 bits per heavy atom. The number of halogens is 1. The number of hydrogen-bond donors (Lipinski definition) is 1. The third-order valence-electron chi connectivity index (χ3n) is 3.41. The number of benzene rings is 2. The van der Waals surface area contributed by atoms with Crippen LogP contribution in [0.15, 0.2) is 54.6 Å². The number of aromatic nitrogens is 1. The summed E-state index contributed by atoms with van der Waals surface area (Å²) >= 11 is 6.13. The first-order valence-electron chi connectivity index (χ1n) is 7.17. The van der Waals surface area contributed by atoms with Crippen LogP contribution in [0.2, 0.25) is 5.02 Å². The van der Waals surface area contributed by atoms with Crippen LogP contribution >= 0.6 is 11.6 Å². The standard InChI is InChI=1S/C18H17ClN2/c1-2-10-20-18-12-17(13-6-4-3-5-7-13)21-16-9-8-14(19)11-15(16)18/h3-9,11-12H,2,10H2,1H3,(H,20,21). The smallest absolute Gasteiger partial charge is 0.0731 e. The molecule has 0 amide bonds. The van der Waals surface area contributed by atoms with Gasteiger partial charge in [0, 0.05) is 28.2 Å². The summed E-state index contributed by atoms with van der Waals surface area (Å²) in [5.41, 5.74) is 4.14. The summed E-state index contributed by atoms with van der Waals surface area (Å²) in [6, 6.07) is 18.2. The molecule has 0 saturated heterocycles. The summed E-state index contributed by atoms with van der Waals surface area (Å²) in [7, 11) is 0. The van der Waals surface area contributed by atoms with E-state index in [0.29, 0.717) is 0 Å². The van der Waals surface area contributed by atoms with Gasteiger partial charge in [0.2, 0.25) is 0 Å². The second-order valence-electron chi connectivity index (χ2n) is 5.01. The van der Waals surface area contributed by atoms with E-state index in [0.717, 1.165) is 45.8 Å². The molecule has 106 valence electrons. The number of hydrogen-bond acceptors (Lipinski definition) is 2. The normalized spacial score (nSPS) is 10.8. The summed E-state index contributed by atoms with van der Waals surface area (Å²) < 4.78 is 0. The summed E-state index contributed by atoms with van der Waals surface area (Å²) in [4.78, 5) is 4.76. The number of pyridine rings is 1. The van der Waals surface area contributed by atoms with Crippen molar-refractivity contribution in [1.29, 1.82) is 0 Å². The van der Waals surface area contributed by atoms with Crippen molar-refractivity contribution in [1.82, 2.24) is 4.98 Å². The van der Waals surface area contributed by atoms with E-state index < -0.39 is 0 Å². The minimum absolute atomic E-state index is 0.733. The molecular formula is C18H17ClN2. The first-order valence-corrected chi connectivity index (χ1v) is 7.55. The molecule has 0 aliphatic rings. The molecule has 1 N–H and O–H groups in total. The molecule has 1 heterocycles. The lowest BCUT2D eigenvalue weighted by molar-refractivity contribution is 0.981. The van der Waals surface area contributed by atoms with E-state index in [-0.39, 0.29) is 0 Å². The van der Waals surface area contributed by atoms with Gasteiger partial charge in [0.1, 0.15) is 0 Å². The number of anilines is 1. The van der Waals surface area contributed by atoms with Crippen molar-refractivity contribution >= 4 is 28.2 Å². The zero-order valence-electron chi connectivity index (χ0n) is 11.9. The highest BCUT2D eigenvalue weighted by molar-refractivity contribution is 6.31. The van der Waals surface area contributed by atoms with Crippen molar-refractivity contribution in [2.45, 2.75) is 13.3 Å². The molecule has 0 aliphatic carbocycles. The van der Waals surface area contributed by atoms with Crippen LogP contribution in [0.4, 0.5) is 5.69 Å². The minimum Gasteiger partial charge on any atom is -0.384 e. The Morgan fingerprint density at radius 3 is 2.62 bits per heavy atom. The van der Waals surface area contributed by atoms with Gasteiger partial charge in [0.25, 0.3) is 0 Å². The van der Waals surface area contributed by atoms with Crippen LogP contribution in [0.3, 0.4) is 0 Å². The van der Waals surface area contributed by atoms with E-state index in [1.807, 2.05) is 36.4 Å². The highest BCUT2D eigenvalue weighted by Crippen LogP contribution is 2.30. The Hall–Kier alpha value is -2.06. The van der Waals surface area contributed by atoms with E-state index in [1.165, 1.54) is 0 Å². The van der Waals surface area contributed by atoms with E-state index in [2.05, 4.69) is 30.4 Å². The van der Waals surface area contributed by atoms with Gasteiger partial charge in [0.05, 0.1) is 11.2 Å². The predicted molar refractivity (Wildman–Crippen MR) is 91.0 cm³/mol. The molecule has 0 atom stereocenters. The average Bonchev–Trinajstić information content (AvgIpc) is 2.53. The van der Waals surface area contributed by atoms with Crippen LogP contribution in [-0.4, -0.2) is 11.5 Å². The molecule has 0 fully saturated rings. The number of nitrogens with zero attached hydrogens (tertiary/aromatic N) is 1. The van der Waals surface area contributed by atoms with Crippen LogP contribution in [-0.2, 0) is 0 Å². The largest absolute Gasteiger partial charge is 0.384 e. The van der Waals surface area contributed by atoms with Crippen molar-refractivity contribution in [2.75, 3.05) is 11.9 Å². The Kier molecular flexibility index (Phi) is 4.07. The summed E-state index contributed by atoms with van der Waals surface area (Å²) in [6.07, 6.45) is 1.07. The fraction of sp³-hybridized carbons (Fsp3) is 0.167. The monoisotopic (exact) mass is 296 g/mol. The molecule has 0 saturated carbocycles. The van der Waals surface area contributed by atoms with Gasteiger partial charge in [-0.15, -0.1) is 0 Å². The lowest BCUT2D eigenvalue weighted by atomic mass is 10.1. The maximum absolute atomic E-state index is 6.13. The van der Waals surface area contributed by atoms with Crippen molar-refractivity contribution < 1.29 is 0 Å². The lowest BCUT2D eigenvalue weighted by Gasteiger charge is -2.12. The first kappa shape index (κ1) is 13.9. The molecule has 0 spiro atoms. The van der Waals surface area contributed by atoms with Crippen LogP contribution in [0, 0.1) is 0 Å². The molecule has 0 unspecified atom stereocenters. The molecular weight excluding hydrogens is 280 g/mol. The second-order valence-corrected chi connectivity index (χ2v) is 5.45. The first-order chi connectivity index (χ1) is 10.3. The van der Waals surface area contributed by atoms with E-state index in [1.54, 1.807) is 0 Å². The SMILES string of the molecule is CCCNc1cc(-c2ccccc2)nc2ccc(Cl)cc12. The summed E-state index contributed by atoms with van der Waals surface area (Å²) in [5.74, 6) is 0. The maximum Gasteiger partial charge on any atom is 0.0731 e. The second kappa shape index (κ2) is 6.15. The van der Waals surface area contributed by atoms with Crippen molar-refractivity contribution in [3.8, 4) is 11.3 Å². The van der Waals surface area contributed by atoms with Gasteiger partial charge in [-0.25, -0.2) is 4.98 Å². The fourth-order valence-corrected chi connectivity index (χ4v) is 2.53. The van der Waals surface area contributed by atoms with Crippen LogP contribution in [0.1, 0.15) is 13.3 Å². The van der Waals surface area contributed by atoms with E-state index >= 15 is 0 Å². The van der Waals surface area contributed by atoms with Gasteiger partial charge in [0.15, 0.2) is 0 Å². The van der Waals surface area contributed by atoms with Gasteiger partial charge in [-0.05, 0) is 30.7 Å². The fourth-order valence-electron chi connectivity index (χ4n) is 2.36. The zero-order chi connectivity index (χ0) is 14.7. The third kappa shape index (κ3) is 3.01. The van der Waals surface area contributed by atoms with Crippen LogP contribution in [0.25, 0.3) is 22.2 Å². The summed E-state index contributed by atoms with van der Waals surface area (Å²) in [6.45, 7) is 3.08. The molecule has 2 nitrogen and oxygen atoms in total. The Labute approximate surface area is 129 Å². The zero-order valence-corrected chi connectivity index (χ0v) is 12.7. The quantitative estimate of drug-likeness (QED) is 0.699. The Balaban J connectivity index is 2.17. The molecule has 3 heteroatoms. The average molecular weight is 297 g/mol. The van der Waals surface area contributed by atoms with Gasteiger partial charge >= 0.3 is 0 Å². The third-order valence-corrected chi connectivity index (χ3v) is 3.64. The number of fused-ring (bicyclic) bond motifs is 1. The lowest BCUT2D eigenvalue weighted by Crippen LogP contribution is -2.01. The van der Waals surface area contributed by atoms with Crippen LogP contribution in [0.5, 0.6) is 0 Å². The summed E-state index contributed by atoms with van der Waals surface area (Å²) in [5, 5.41) is 5.27. The molecule has 21 heavy (non-hydrogen) atoms. The number of nitrogens with one attached hydrogen (secondary N) is 1. The topological polar surface area (TPSA) is 24.9 Å². The van der Waals surface area contributed by atoms with Crippen LogP contribution < -0.4 is 5.32 Å². The number of rotatable bonds is 4. The van der Waals surface area contributed by atoms with Gasteiger partial charge in [-0.1, -0.05) is 48.9 Å². The van der Waals surface area contributed by atoms with Gasteiger partial charge < -0.3 is 5.32 Å². The highest BCUT2D eigenvalue weighted by Gasteiger charge is 2.07. The Morgan fingerprint density at radius 2 is 1.86 bits per heavy atom. The van der Waals surface area contributed by atoms with E-state index in [9.17, 15) is 0 Å². The molecule has 0 bridgehead atoms. The molecule has 0 radical (unpaired) electrons. The molecule has 0 aliphatic heterocycles. The Bertz CT molecular complexity index is 754. The molecule has 3 rings (SSSR count). The van der Waals surface area contributed by atoms with Gasteiger partial charge in [-0.3, -0.25) is 0 Å². The predicted octanol–water partition coefficient (Wildman–Crippen LogP) is 5.38. The maximum atomic E-state index is 6.13. The molecule has 3 aromatic rings. The van der Waals surface area contributed by atoms with Crippen molar-refractivity contribution in [2.24, 2.45) is 0 Å². The van der Waals surface area contributed by atoms with Crippen molar-refractivity contribution in [3.63, 3.8) is 0 Å². The highest BCUT2D eigenvalue weighted by atomic mass is 35.5. The van der Waals surface area contributed by atoms with E-state index in [4.69, 9.17) is 16.6 Å².